The first-order valence-electron chi connectivity index (χ1n) is 7.37. The third-order valence-corrected chi connectivity index (χ3v) is 4.20. The van der Waals surface area contributed by atoms with E-state index in [1.807, 2.05) is 24.3 Å². The molecule has 1 amide bonds. The Labute approximate surface area is 119 Å². The highest BCUT2D eigenvalue weighted by Crippen LogP contribution is 2.18. The van der Waals surface area contributed by atoms with Gasteiger partial charge in [-0.3, -0.25) is 4.79 Å². The molecule has 0 aliphatic carbocycles. The molecule has 0 radical (unpaired) electrons. The highest BCUT2D eigenvalue weighted by Gasteiger charge is 2.21. The number of hydrogen-bond donors (Lipinski definition) is 2. The van der Waals surface area contributed by atoms with Crippen molar-refractivity contribution in [1.29, 1.82) is 0 Å². The topological polar surface area (TPSA) is 48.1 Å². The van der Waals surface area contributed by atoms with Gasteiger partial charge in [-0.1, -0.05) is 25.1 Å². The number of piperidine rings is 1. The molecule has 4 nitrogen and oxygen atoms in total. The molecule has 1 aliphatic heterocycles. The zero-order valence-electron chi connectivity index (χ0n) is 11.9. The normalized spacial score (nSPS) is 17.4. The Kier molecular flexibility index (Phi) is 3.74. The highest BCUT2D eigenvalue weighted by molar-refractivity contribution is 6.06. The third kappa shape index (κ3) is 2.56. The van der Waals surface area contributed by atoms with E-state index in [9.17, 15) is 4.79 Å². The van der Waals surface area contributed by atoms with E-state index >= 15 is 0 Å². The molecule has 1 fully saturated rings. The zero-order valence-corrected chi connectivity index (χ0v) is 11.9. The molecule has 4 heteroatoms. The van der Waals surface area contributed by atoms with Crippen molar-refractivity contribution < 1.29 is 4.79 Å². The van der Waals surface area contributed by atoms with Crippen molar-refractivity contribution in [1.82, 2.24) is 15.2 Å². The summed E-state index contributed by atoms with van der Waals surface area (Å²) < 4.78 is 0. The third-order valence-electron chi connectivity index (χ3n) is 4.20. The fraction of sp³-hybridized carbons (Fsp3) is 0.438. The predicted molar refractivity (Wildman–Crippen MR) is 80.9 cm³/mol. The second-order valence-corrected chi connectivity index (χ2v) is 5.43. The lowest BCUT2D eigenvalue weighted by atomic mass is 10.0. The number of rotatable bonds is 3. The van der Waals surface area contributed by atoms with Crippen LogP contribution in [0.15, 0.2) is 30.5 Å². The Morgan fingerprint density at radius 3 is 2.85 bits per heavy atom. The van der Waals surface area contributed by atoms with E-state index in [-0.39, 0.29) is 5.91 Å². The number of H-pyrrole nitrogens is 1. The fourth-order valence-electron chi connectivity index (χ4n) is 2.92. The lowest BCUT2D eigenvalue weighted by molar-refractivity contribution is 0.0914. The van der Waals surface area contributed by atoms with Crippen LogP contribution in [0.2, 0.25) is 0 Å². The van der Waals surface area contributed by atoms with Crippen molar-refractivity contribution in [3.63, 3.8) is 0 Å². The quantitative estimate of drug-likeness (QED) is 0.900. The van der Waals surface area contributed by atoms with Crippen molar-refractivity contribution in [2.75, 3.05) is 19.6 Å². The van der Waals surface area contributed by atoms with Gasteiger partial charge in [-0.2, -0.15) is 0 Å². The van der Waals surface area contributed by atoms with Crippen LogP contribution in [-0.4, -0.2) is 41.5 Å². The summed E-state index contributed by atoms with van der Waals surface area (Å²) in [5.41, 5.74) is 1.76. The van der Waals surface area contributed by atoms with Crippen molar-refractivity contribution in [3.8, 4) is 0 Å². The Bertz CT molecular complexity index is 597. The summed E-state index contributed by atoms with van der Waals surface area (Å²) in [5, 5.41) is 4.17. The van der Waals surface area contributed by atoms with Gasteiger partial charge in [0.05, 0.1) is 5.56 Å². The molecular formula is C16H21N3O. The Morgan fingerprint density at radius 1 is 1.35 bits per heavy atom. The summed E-state index contributed by atoms with van der Waals surface area (Å²) >= 11 is 0. The number of amides is 1. The van der Waals surface area contributed by atoms with E-state index in [1.165, 1.54) is 0 Å². The standard InChI is InChI=1S/C16H21N3O/c1-2-19-9-7-12(8-10-19)18-16(20)14-11-17-15-6-4-3-5-13(14)15/h3-6,11-12,17H,2,7-10H2,1H3,(H,18,20). The fourth-order valence-corrected chi connectivity index (χ4v) is 2.92. The summed E-state index contributed by atoms with van der Waals surface area (Å²) in [5.74, 6) is 0.0393. The number of para-hydroxylation sites is 1. The first-order chi connectivity index (χ1) is 9.78. The van der Waals surface area contributed by atoms with Crippen LogP contribution < -0.4 is 5.32 Å². The minimum Gasteiger partial charge on any atom is -0.360 e. The Balaban J connectivity index is 1.68. The van der Waals surface area contributed by atoms with Gasteiger partial charge in [0.2, 0.25) is 0 Å². The lowest BCUT2D eigenvalue weighted by Gasteiger charge is -2.31. The van der Waals surface area contributed by atoms with Crippen molar-refractivity contribution in [3.05, 3.63) is 36.0 Å². The van der Waals surface area contributed by atoms with E-state index in [1.54, 1.807) is 6.20 Å². The van der Waals surface area contributed by atoms with Crippen LogP contribution in [0.25, 0.3) is 10.9 Å². The summed E-state index contributed by atoms with van der Waals surface area (Å²) in [4.78, 5) is 18.0. The number of fused-ring (bicyclic) bond motifs is 1. The predicted octanol–water partition coefficient (Wildman–Crippen LogP) is 2.38. The SMILES string of the molecule is CCN1CCC(NC(=O)c2c[nH]c3ccccc23)CC1. The molecule has 1 aromatic carbocycles. The molecule has 2 aromatic rings. The number of hydrogen-bond acceptors (Lipinski definition) is 2. The molecule has 1 saturated heterocycles. The minimum absolute atomic E-state index is 0.0393. The van der Waals surface area contributed by atoms with E-state index in [0.29, 0.717) is 6.04 Å². The smallest absolute Gasteiger partial charge is 0.253 e. The monoisotopic (exact) mass is 271 g/mol. The average Bonchev–Trinajstić information content (AvgIpc) is 2.92. The van der Waals surface area contributed by atoms with E-state index in [4.69, 9.17) is 0 Å². The largest absolute Gasteiger partial charge is 0.360 e. The van der Waals surface area contributed by atoms with Crippen molar-refractivity contribution in [2.24, 2.45) is 0 Å². The average molecular weight is 271 g/mol. The number of likely N-dealkylation sites (tertiary alicyclic amines) is 1. The van der Waals surface area contributed by atoms with Gasteiger partial charge in [-0.25, -0.2) is 0 Å². The molecule has 0 spiro atoms. The summed E-state index contributed by atoms with van der Waals surface area (Å²) in [6.45, 7) is 5.44. The van der Waals surface area contributed by atoms with Crippen molar-refractivity contribution >= 4 is 16.8 Å². The van der Waals surface area contributed by atoms with Crippen LogP contribution in [0.1, 0.15) is 30.1 Å². The Morgan fingerprint density at radius 2 is 2.10 bits per heavy atom. The molecule has 0 saturated carbocycles. The van der Waals surface area contributed by atoms with Gasteiger partial charge in [0.25, 0.3) is 5.91 Å². The maximum atomic E-state index is 12.4. The van der Waals surface area contributed by atoms with E-state index < -0.39 is 0 Å². The molecule has 3 rings (SSSR count). The number of aromatic nitrogens is 1. The number of carbonyl (C=O) groups is 1. The van der Waals surface area contributed by atoms with Crippen LogP contribution in [0.4, 0.5) is 0 Å². The molecule has 0 bridgehead atoms. The second kappa shape index (κ2) is 5.67. The maximum Gasteiger partial charge on any atom is 0.253 e. The summed E-state index contributed by atoms with van der Waals surface area (Å²) in [7, 11) is 0. The molecular weight excluding hydrogens is 250 g/mol. The van der Waals surface area contributed by atoms with Crippen LogP contribution in [0.5, 0.6) is 0 Å². The highest BCUT2D eigenvalue weighted by atomic mass is 16.1. The lowest BCUT2D eigenvalue weighted by Crippen LogP contribution is -2.44. The number of nitrogens with zero attached hydrogens (tertiary/aromatic N) is 1. The molecule has 0 unspecified atom stereocenters. The molecule has 106 valence electrons. The molecule has 0 atom stereocenters. The molecule has 2 N–H and O–H groups in total. The minimum atomic E-state index is 0.0393. The van der Waals surface area contributed by atoms with Crippen LogP contribution in [-0.2, 0) is 0 Å². The second-order valence-electron chi connectivity index (χ2n) is 5.43. The van der Waals surface area contributed by atoms with Gasteiger partial charge in [-0.05, 0) is 25.5 Å². The number of aromatic amines is 1. The van der Waals surface area contributed by atoms with E-state index in [2.05, 4.69) is 22.1 Å². The van der Waals surface area contributed by atoms with E-state index in [0.717, 1.165) is 48.9 Å². The zero-order chi connectivity index (χ0) is 13.9. The van der Waals surface area contributed by atoms with Gasteiger partial charge in [0.15, 0.2) is 0 Å². The van der Waals surface area contributed by atoms with Gasteiger partial charge in [-0.15, -0.1) is 0 Å². The van der Waals surface area contributed by atoms with Gasteiger partial charge >= 0.3 is 0 Å². The number of carbonyl (C=O) groups excluding carboxylic acids is 1. The number of benzene rings is 1. The van der Waals surface area contributed by atoms with Crippen LogP contribution in [0, 0.1) is 0 Å². The first kappa shape index (κ1) is 13.2. The Hall–Kier alpha value is -1.81. The van der Waals surface area contributed by atoms with Crippen LogP contribution >= 0.6 is 0 Å². The molecule has 2 heterocycles. The summed E-state index contributed by atoms with van der Waals surface area (Å²) in [6, 6.07) is 8.22. The number of nitrogens with one attached hydrogen (secondary N) is 2. The van der Waals surface area contributed by atoms with Crippen molar-refractivity contribution in [2.45, 2.75) is 25.8 Å². The summed E-state index contributed by atoms with van der Waals surface area (Å²) in [6.07, 6.45) is 3.89. The molecule has 1 aliphatic rings. The molecule has 1 aromatic heterocycles. The first-order valence-corrected chi connectivity index (χ1v) is 7.37. The maximum absolute atomic E-state index is 12.4. The van der Waals surface area contributed by atoms with Crippen LogP contribution in [0.3, 0.4) is 0 Å². The molecule has 20 heavy (non-hydrogen) atoms. The van der Waals surface area contributed by atoms with Gasteiger partial charge in [0.1, 0.15) is 0 Å². The van der Waals surface area contributed by atoms with Gasteiger partial charge < -0.3 is 15.2 Å². The van der Waals surface area contributed by atoms with Gasteiger partial charge in [0, 0.05) is 36.2 Å².